The van der Waals surface area contributed by atoms with Gasteiger partial charge >= 0.3 is 0 Å². The molecule has 0 aromatic carbocycles. The van der Waals surface area contributed by atoms with Gasteiger partial charge in [-0.3, -0.25) is 4.79 Å². The molecule has 0 saturated heterocycles. The predicted molar refractivity (Wildman–Crippen MR) is 138 cm³/mol. The Morgan fingerprint density at radius 3 is 2.37 bits per heavy atom. The molecule has 35 heavy (non-hydrogen) atoms. The summed E-state index contributed by atoms with van der Waals surface area (Å²) in [5, 5.41) is 43.0. The fourth-order valence-electron chi connectivity index (χ4n) is 10.4. The van der Waals surface area contributed by atoms with Gasteiger partial charge in [0.1, 0.15) is 5.78 Å². The molecule has 5 heteroatoms. The summed E-state index contributed by atoms with van der Waals surface area (Å²) in [6.45, 7) is 12.9. The molecule has 4 N–H and O–H groups in total. The van der Waals surface area contributed by atoms with Gasteiger partial charge < -0.3 is 20.4 Å². The molecular formula is C30H50O5. The summed E-state index contributed by atoms with van der Waals surface area (Å²) in [7, 11) is 0. The zero-order valence-corrected chi connectivity index (χ0v) is 22.9. The Balaban J connectivity index is 1.65. The van der Waals surface area contributed by atoms with Crippen molar-refractivity contribution in [2.24, 2.45) is 45.3 Å². The van der Waals surface area contributed by atoms with Crippen LogP contribution in [0.25, 0.3) is 0 Å². The van der Waals surface area contributed by atoms with Crippen molar-refractivity contribution < 1.29 is 25.2 Å². The van der Waals surface area contributed by atoms with Crippen molar-refractivity contribution >= 4 is 5.78 Å². The molecule has 0 heterocycles. The molecule has 0 amide bonds. The smallest absolute Gasteiger partial charge is 0.138 e. The Bertz CT molecular complexity index is 865. The minimum Gasteiger partial charge on any atom is -0.393 e. The number of aliphatic hydroxyl groups is 4. The van der Waals surface area contributed by atoms with Crippen LogP contribution >= 0.6 is 0 Å². The number of fused-ring (bicyclic) bond motifs is 5. The summed E-state index contributed by atoms with van der Waals surface area (Å²) in [4.78, 5) is 12.9. The Morgan fingerprint density at radius 2 is 1.74 bits per heavy atom. The Labute approximate surface area is 212 Å². The second-order valence-electron chi connectivity index (χ2n) is 14.1. The SMILES string of the molecule is CC(=CCC[C@@](O)(CO)[C@H]1CC[C@@]2(C)[C@H]1CC[C@@H]1[C@@]3(C)CCC(=O)C(C)(C)[C@H]3[C@@H](O)C[C@]12C)CO. The third-order valence-electron chi connectivity index (χ3n) is 12.3. The van der Waals surface area contributed by atoms with Gasteiger partial charge in [0.2, 0.25) is 0 Å². The highest BCUT2D eigenvalue weighted by molar-refractivity contribution is 5.85. The van der Waals surface area contributed by atoms with Gasteiger partial charge in [-0.2, -0.15) is 0 Å². The van der Waals surface area contributed by atoms with Crippen LogP contribution in [0.3, 0.4) is 0 Å². The van der Waals surface area contributed by atoms with E-state index in [9.17, 15) is 25.2 Å². The topological polar surface area (TPSA) is 98.0 Å². The van der Waals surface area contributed by atoms with E-state index in [4.69, 9.17) is 0 Å². The standard InChI is InChI=1S/C30H50O5/c1-19(17-31)8-7-13-30(35,18-32)21-11-15-28(5)20(21)9-10-23-27(4)14-12-24(34)26(2,3)25(27)22(33)16-29(23,28)6/h8,20-23,25,31-33,35H,7,9-18H2,1-6H3/t20-,21-,22-,23+,25+,27+,28-,29+,30+/m0/s1. The van der Waals surface area contributed by atoms with Crippen LogP contribution in [-0.4, -0.2) is 51.1 Å². The number of carbonyl (C=O) groups excluding carboxylic acids is 1. The second kappa shape index (κ2) is 8.92. The fraction of sp³-hybridized carbons (Fsp3) is 0.900. The molecule has 4 rings (SSSR count). The highest BCUT2D eigenvalue weighted by atomic mass is 16.3. The van der Waals surface area contributed by atoms with E-state index in [0.717, 1.165) is 37.7 Å². The van der Waals surface area contributed by atoms with E-state index in [1.54, 1.807) is 0 Å². The van der Waals surface area contributed by atoms with Gasteiger partial charge in [0.05, 0.1) is 24.9 Å². The van der Waals surface area contributed by atoms with E-state index >= 15 is 0 Å². The molecular weight excluding hydrogens is 440 g/mol. The number of hydrogen-bond donors (Lipinski definition) is 4. The second-order valence-corrected chi connectivity index (χ2v) is 14.1. The summed E-state index contributed by atoms with van der Waals surface area (Å²) in [5.41, 5.74) is -0.910. The lowest BCUT2D eigenvalue weighted by Crippen LogP contribution is -2.67. The summed E-state index contributed by atoms with van der Waals surface area (Å²) in [6, 6.07) is 0. The average Bonchev–Trinajstić information content (AvgIpc) is 3.15. The van der Waals surface area contributed by atoms with E-state index < -0.39 is 17.1 Å². The van der Waals surface area contributed by atoms with E-state index in [1.165, 1.54) is 0 Å². The number of hydrogen-bond acceptors (Lipinski definition) is 5. The molecule has 200 valence electrons. The van der Waals surface area contributed by atoms with Gasteiger partial charge in [-0.05, 0) is 92.3 Å². The van der Waals surface area contributed by atoms with Crippen molar-refractivity contribution in [3.63, 3.8) is 0 Å². The predicted octanol–water partition coefficient (Wildman–Crippen LogP) is 4.65. The van der Waals surface area contributed by atoms with Gasteiger partial charge in [-0.25, -0.2) is 0 Å². The lowest BCUT2D eigenvalue weighted by molar-refractivity contribution is -0.240. The highest BCUT2D eigenvalue weighted by Crippen LogP contribution is 2.75. The summed E-state index contributed by atoms with van der Waals surface area (Å²) < 4.78 is 0. The van der Waals surface area contributed by atoms with Crippen molar-refractivity contribution in [3.8, 4) is 0 Å². The quantitative estimate of drug-likeness (QED) is 0.406. The minimum atomic E-state index is -1.13. The maximum atomic E-state index is 12.9. The maximum Gasteiger partial charge on any atom is 0.138 e. The molecule has 0 aromatic heterocycles. The molecule has 0 spiro atoms. The van der Waals surface area contributed by atoms with Crippen LogP contribution in [0, 0.1) is 45.3 Å². The zero-order chi connectivity index (χ0) is 26.0. The van der Waals surface area contributed by atoms with Gasteiger partial charge in [-0.1, -0.05) is 46.3 Å². The first-order chi connectivity index (χ1) is 16.2. The van der Waals surface area contributed by atoms with E-state index in [-0.39, 0.29) is 41.3 Å². The molecule has 5 nitrogen and oxygen atoms in total. The van der Waals surface area contributed by atoms with Crippen molar-refractivity contribution in [3.05, 3.63) is 11.6 Å². The lowest BCUT2D eigenvalue weighted by Gasteiger charge is -2.70. The number of aliphatic hydroxyl groups excluding tert-OH is 3. The number of ketones is 1. The molecule has 4 aliphatic rings. The normalized spacial score (nSPS) is 47.0. The van der Waals surface area contributed by atoms with Crippen LogP contribution < -0.4 is 0 Å². The average molecular weight is 491 g/mol. The molecule has 4 fully saturated rings. The monoisotopic (exact) mass is 490 g/mol. The number of carbonyl (C=O) groups is 1. The van der Waals surface area contributed by atoms with Gasteiger partial charge in [0.25, 0.3) is 0 Å². The van der Waals surface area contributed by atoms with E-state index in [2.05, 4.69) is 34.6 Å². The van der Waals surface area contributed by atoms with Gasteiger partial charge in [0.15, 0.2) is 0 Å². The third kappa shape index (κ3) is 3.82. The molecule has 0 aliphatic heterocycles. The molecule has 0 radical (unpaired) electrons. The largest absolute Gasteiger partial charge is 0.393 e. The van der Waals surface area contributed by atoms with Crippen LogP contribution in [0.15, 0.2) is 11.6 Å². The van der Waals surface area contributed by atoms with Crippen molar-refractivity contribution in [1.29, 1.82) is 0 Å². The fourth-order valence-corrected chi connectivity index (χ4v) is 10.4. The molecule has 4 aliphatic carbocycles. The number of rotatable bonds is 6. The maximum absolute atomic E-state index is 12.9. The van der Waals surface area contributed by atoms with Crippen molar-refractivity contribution in [2.45, 2.75) is 111 Å². The molecule has 9 atom stereocenters. The Kier molecular flexibility index (Phi) is 6.96. The Hall–Kier alpha value is -0.750. The highest BCUT2D eigenvalue weighted by Gasteiger charge is 2.71. The molecule has 4 saturated carbocycles. The number of Topliss-reactive ketones (excluding diaryl/α,β-unsaturated/α-hetero) is 1. The number of allylic oxidation sites excluding steroid dienone is 1. The van der Waals surface area contributed by atoms with Crippen LogP contribution in [0.1, 0.15) is 99.3 Å². The molecule has 0 aromatic rings. The first-order valence-electron chi connectivity index (χ1n) is 14.0. The van der Waals surface area contributed by atoms with Crippen molar-refractivity contribution in [2.75, 3.05) is 13.2 Å². The lowest BCUT2D eigenvalue weighted by atomic mass is 9.35. The first kappa shape index (κ1) is 27.3. The van der Waals surface area contributed by atoms with Crippen molar-refractivity contribution in [1.82, 2.24) is 0 Å². The first-order valence-corrected chi connectivity index (χ1v) is 14.0. The minimum absolute atomic E-state index is 0.0115. The third-order valence-corrected chi connectivity index (χ3v) is 12.3. The summed E-state index contributed by atoms with van der Waals surface area (Å²) >= 11 is 0. The van der Waals surface area contributed by atoms with Gasteiger partial charge in [0, 0.05) is 17.8 Å². The summed E-state index contributed by atoms with van der Waals surface area (Å²) in [6.07, 6.45) is 8.76. The van der Waals surface area contributed by atoms with E-state index in [0.29, 0.717) is 43.3 Å². The summed E-state index contributed by atoms with van der Waals surface area (Å²) in [5.74, 6) is 1.05. The molecule has 0 bridgehead atoms. The van der Waals surface area contributed by atoms with Crippen LogP contribution in [0.2, 0.25) is 0 Å². The van der Waals surface area contributed by atoms with Crippen LogP contribution in [-0.2, 0) is 4.79 Å². The Morgan fingerprint density at radius 1 is 1.06 bits per heavy atom. The van der Waals surface area contributed by atoms with Crippen LogP contribution in [0.4, 0.5) is 0 Å². The van der Waals surface area contributed by atoms with Gasteiger partial charge in [-0.15, -0.1) is 0 Å². The zero-order valence-electron chi connectivity index (χ0n) is 22.9. The van der Waals surface area contributed by atoms with E-state index in [1.807, 2.05) is 13.0 Å². The van der Waals surface area contributed by atoms with Crippen LogP contribution in [0.5, 0.6) is 0 Å². The molecule has 0 unspecified atom stereocenters.